The highest BCUT2D eigenvalue weighted by atomic mass is 35.5. The molecule has 0 unspecified atom stereocenters. The normalized spacial score (nSPS) is 10.7. The van der Waals surface area contributed by atoms with Gasteiger partial charge >= 0.3 is 5.97 Å². The van der Waals surface area contributed by atoms with Gasteiger partial charge in [0.1, 0.15) is 11.3 Å². The third-order valence-electron chi connectivity index (χ3n) is 3.47. The quantitative estimate of drug-likeness (QED) is 0.626. The molecule has 0 aliphatic carbocycles. The molecule has 1 aromatic carbocycles. The van der Waals surface area contributed by atoms with Gasteiger partial charge in [0.15, 0.2) is 0 Å². The van der Waals surface area contributed by atoms with Crippen LogP contribution in [0.1, 0.15) is 46.0 Å². The van der Waals surface area contributed by atoms with Crippen molar-refractivity contribution >= 4 is 17.6 Å². The third-order valence-corrected chi connectivity index (χ3v) is 3.66. The summed E-state index contributed by atoms with van der Waals surface area (Å²) in [6.07, 6.45) is 1.91. The smallest absolute Gasteiger partial charge is 0.341 e. The summed E-state index contributed by atoms with van der Waals surface area (Å²) >= 11 is 5.81. The van der Waals surface area contributed by atoms with Gasteiger partial charge in [-0.05, 0) is 36.5 Å². The van der Waals surface area contributed by atoms with Crippen molar-refractivity contribution in [3.63, 3.8) is 0 Å². The molecular formula is C15H21ClO4. The van der Waals surface area contributed by atoms with Gasteiger partial charge in [-0.15, -0.1) is 11.6 Å². The molecule has 0 saturated heterocycles. The van der Waals surface area contributed by atoms with E-state index < -0.39 is 5.97 Å². The van der Waals surface area contributed by atoms with Gasteiger partial charge < -0.3 is 14.9 Å². The summed E-state index contributed by atoms with van der Waals surface area (Å²) in [6.45, 7) is 3.53. The standard InChI is InChI=1S/C15H21ClO4/c1-4-5-11-12(8-17)10(6-7-16)9(2)13(14(11)18)15(19)20-3/h17-18H,4-8H2,1-3H3. The zero-order chi connectivity index (χ0) is 15.3. The topological polar surface area (TPSA) is 66.8 Å². The molecule has 0 saturated carbocycles. The second-order valence-electron chi connectivity index (χ2n) is 4.62. The van der Waals surface area contributed by atoms with Crippen LogP contribution in [0.5, 0.6) is 5.75 Å². The molecule has 2 N–H and O–H groups in total. The number of esters is 1. The first-order valence-corrected chi connectivity index (χ1v) is 7.18. The molecule has 0 radical (unpaired) electrons. The van der Waals surface area contributed by atoms with Crippen molar-refractivity contribution in [1.82, 2.24) is 0 Å². The molecule has 1 aromatic rings. The Balaban J connectivity index is 3.65. The zero-order valence-electron chi connectivity index (χ0n) is 12.1. The number of phenolic OH excluding ortho intramolecular Hbond substituents is 1. The molecule has 0 aromatic heterocycles. The highest BCUT2D eigenvalue weighted by Crippen LogP contribution is 2.35. The van der Waals surface area contributed by atoms with Crippen LogP contribution in [0, 0.1) is 6.92 Å². The van der Waals surface area contributed by atoms with E-state index in [4.69, 9.17) is 16.3 Å². The van der Waals surface area contributed by atoms with Gasteiger partial charge in [-0.2, -0.15) is 0 Å². The highest BCUT2D eigenvalue weighted by Gasteiger charge is 2.24. The van der Waals surface area contributed by atoms with Crippen molar-refractivity contribution in [2.75, 3.05) is 13.0 Å². The minimum absolute atomic E-state index is 0.0847. The number of carbonyl (C=O) groups is 1. The summed E-state index contributed by atoms with van der Waals surface area (Å²) in [4.78, 5) is 11.9. The zero-order valence-corrected chi connectivity index (χ0v) is 12.9. The Kier molecular flexibility index (Phi) is 6.30. The van der Waals surface area contributed by atoms with Crippen LogP contribution in [-0.4, -0.2) is 29.2 Å². The second kappa shape index (κ2) is 7.50. The Morgan fingerprint density at radius 3 is 2.35 bits per heavy atom. The summed E-state index contributed by atoms with van der Waals surface area (Å²) in [5, 5.41) is 20.0. The minimum atomic E-state index is -0.572. The Bertz CT molecular complexity index is 464. The molecule has 20 heavy (non-hydrogen) atoms. The molecule has 0 spiro atoms. The van der Waals surface area contributed by atoms with Gasteiger partial charge in [0.2, 0.25) is 0 Å². The van der Waals surface area contributed by atoms with Gasteiger partial charge in [-0.3, -0.25) is 0 Å². The largest absolute Gasteiger partial charge is 0.507 e. The Labute approximate surface area is 124 Å². The van der Waals surface area contributed by atoms with Crippen molar-refractivity contribution in [3.05, 3.63) is 27.8 Å². The maximum atomic E-state index is 11.9. The average Bonchev–Trinajstić information content (AvgIpc) is 2.44. The summed E-state index contributed by atoms with van der Waals surface area (Å²) < 4.78 is 4.74. The van der Waals surface area contributed by atoms with E-state index in [9.17, 15) is 15.0 Å². The number of aliphatic hydroxyl groups excluding tert-OH is 1. The lowest BCUT2D eigenvalue weighted by Crippen LogP contribution is -2.13. The molecule has 0 atom stereocenters. The Morgan fingerprint density at radius 2 is 1.90 bits per heavy atom. The number of ether oxygens (including phenoxy) is 1. The fraction of sp³-hybridized carbons (Fsp3) is 0.533. The third kappa shape index (κ3) is 3.07. The number of phenols is 1. The van der Waals surface area contributed by atoms with Crippen molar-refractivity contribution in [2.45, 2.75) is 39.7 Å². The Morgan fingerprint density at radius 1 is 1.25 bits per heavy atom. The number of alkyl halides is 1. The number of aromatic hydroxyl groups is 1. The van der Waals surface area contributed by atoms with Gasteiger partial charge in [0.25, 0.3) is 0 Å². The van der Waals surface area contributed by atoms with Crippen molar-refractivity contribution < 1.29 is 19.7 Å². The minimum Gasteiger partial charge on any atom is -0.507 e. The number of rotatable bonds is 6. The SMILES string of the molecule is CCCc1c(O)c(C(=O)OC)c(C)c(CCCl)c1CO. The molecule has 5 heteroatoms. The maximum Gasteiger partial charge on any atom is 0.341 e. The first-order chi connectivity index (χ1) is 9.53. The van der Waals surface area contributed by atoms with E-state index in [2.05, 4.69) is 0 Å². The van der Waals surface area contributed by atoms with E-state index >= 15 is 0 Å². The van der Waals surface area contributed by atoms with E-state index in [1.807, 2.05) is 6.92 Å². The van der Waals surface area contributed by atoms with Crippen LogP contribution in [-0.2, 0) is 24.2 Å². The van der Waals surface area contributed by atoms with Crippen molar-refractivity contribution in [2.24, 2.45) is 0 Å². The lowest BCUT2D eigenvalue weighted by molar-refractivity contribution is 0.0596. The van der Waals surface area contributed by atoms with E-state index in [1.165, 1.54) is 7.11 Å². The summed E-state index contributed by atoms with van der Waals surface area (Å²) in [5.41, 5.74) is 2.91. The van der Waals surface area contributed by atoms with Crippen LogP contribution in [0.3, 0.4) is 0 Å². The number of benzene rings is 1. The molecular weight excluding hydrogens is 280 g/mol. The van der Waals surface area contributed by atoms with E-state index in [0.29, 0.717) is 35.4 Å². The first-order valence-electron chi connectivity index (χ1n) is 6.64. The van der Waals surface area contributed by atoms with Crippen LogP contribution in [0.25, 0.3) is 0 Å². The van der Waals surface area contributed by atoms with Crippen molar-refractivity contribution in [3.8, 4) is 5.75 Å². The van der Waals surface area contributed by atoms with E-state index in [-0.39, 0.29) is 17.9 Å². The molecule has 0 aliphatic rings. The molecule has 1 rings (SSSR count). The molecule has 0 amide bonds. The summed E-state index contributed by atoms with van der Waals surface area (Å²) in [6, 6.07) is 0. The fourth-order valence-corrected chi connectivity index (χ4v) is 2.71. The first kappa shape index (κ1) is 16.8. The monoisotopic (exact) mass is 300 g/mol. The van der Waals surface area contributed by atoms with Crippen molar-refractivity contribution in [1.29, 1.82) is 0 Å². The van der Waals surface area contributed by atoms with Gasteiger partial charge in [-0.25, -0.2) is 4.79 Å². The van der Waals surface area contributed by atoms with Crippen LogP contribution in [0.15, 0.2) is 0 Å². The molecule has 112 valence electrons. The Hall–Kier alpha value is -1.26. The lowest BCUT2D eigenvalue weighted by atomic mass is 9.88. The number of carbonyl (C=O) groups excluding carboxylic acids is 1. The molecule has 4 nitrogen and oxygen atoms in total. The van der Waals surface area contributed by atoms with E-state index in [1.54, 1.807) is 6.92 Å². The maximum absolute atomic E-state index is 11.9. The second-order valence-corrected chi connectivity index (χ2v) is 5.00. The summed E-state index contributed by atoms with van der Waals surface area (Å²) in [7, 11) is 1.28. The van der Waals surface area contributed by atoms with Gasteiger partial charge in [0, 0.05) is 11.4 Å². The van der Waals surface area contributed by atoms with Gasteiger partial charge in [-0.1, -0.05) is 13.3 Å². The number of aliphatic hydroxyl groups is 1. The van der Waals surface area contributed by atoms with Gasteiger partial charge in [0.05, 0.1) is 13.7 Å². The number of hydrogen-bond acceptors (Lipinski definition) is 4. The lowest BCUT2D eigenvalue weighted by Gasteiger charge is -2.20. The highest BCUT2D eigenvalue weighted by molar-refractivity contribution is 6.18. The van der Waals surface area contributed by atoms with Crippen LogP contribution in [0.2, 0.25) is 0 Å². The average molecular weight is 301 g/mol. The van der Waals surface area contributed by atoms with Crippen LogP contribution < -0.4 is 0 Å². The molecule has 0 fully saturated rings. The number of halogens is 1. The molecule has 0 aliphatic heterocycles. The van der Waals surface area contributed by atoms with E-state index in [0.717, 1.165) is 12.0 Å². The van der Waals surface area contributed by atoms with Crippen LogP contribution >= 0.6 is 11.6 Å². The predicted octanol–water partition coefficient (Wildman–Crippen LogP) is 2.71. The predicted molar refractivity (Wildman–Crippen MR) is 78.5 cm³/mol. The molecule has 0 heterocycles. The van der Waals surface area contributed by atoms with Crippen LogP contribution in [0.4, 0.5) is 0 Å². The fourth-order valence-electron chi connectivity index (χ4n) is 2.53. The number of hydrogen-bond donors (Lipinski definition) is 2. The molecule has 0 bridgehead atoms. The summed E-state index contributed by atoms with van der Waals surface area (Å²) in [5.74, 6) is -0.277. The number of methoxy groups -OCH3 is 1.